The highest BCUT2D eigenvalue weighted by atomic mass is 32.2. The lowest BCUT2D eigenvalue weighted by Gasteiger charge is -2.31. The molecule has 180 valence electrons. The molecule has 0 atom stereocenters. The highest BCUT2D eigenvalue weighted by Gasteiger charge is 2.28. The number of hydrogen-bond acceptors (Lipinski definition) is 8. The summed E-state index contributed by atoms with van der Waals surface area (Å²) in [6.07, 6.45) is 0.647. The van der Waals surface area contributed by atoms with Gasteiger partial charge >= 0.3 is 0 Å². The fourth-order valence-corrected chi connectivity index (χ4v) is 5.02. The number of benzene rings is 1. The molecule has 0 spiro atoms. The first-order chi connectivity index (χ1) is 15.5. The number of carbonyl (C=O) groups excluding carboxylic acids is 1. The van der Waals surface area contributed by atoms with Crippen molar-refractivity contribution in [3.63, 3.8) is 0 Å². The molecule has 2 heterocycles. The van der Waals surface area contributed by atoms with Crippen LogP contribution in [0.2, 0.25) is 0 Å². The average molecular weight is 472 g/mol. The second-order valence-corrected chi connectivity index (χ2v) is 9.45. The topological polar surface area (TPSA) is 107 Å². The van der Waals surface area contributed by atoms with Crippen molar-refractivity contribution in [2.24, 2.45) is 0 Å². The SMILES string of the molecule is COCCOCCCNC(=O)c1cc(S(=O)(=O)N2CCOCC2)ccc1N1CCOCC1. The zero-order valence-corrected chi connectivity index (χ0v) is 19.4. The number of anilines is 1. The van der Waals surface area contributed by atoms with Gasteiger partial charge in [0.05, 0.1) is 50.1 Å². The van der Waals surface area contributed by atoms with Crippen molar-refractivity contribution in [1.29, 1.82) is 0 Å². The molecule has 0 aliphatic carbocycles. The molecular formula is C21H33N3O7S. The first-order valence-corrected chi connectivity index (χ1v) is 12.4. The zero-order chi connectivity index (χ0) is 22.8. The van der Waals surface area contributed by atoms with E-state index in [0.717, 1.165) is 0 Å². The maximum atomic E-state index is 13.1. The number of hydrogen-bond donors (Lipinski definition) is 1. The Morgan fingerprint density at radius 1 is 1.03 bits per heavy atom. The predicted octanol–water partition coefficient (Wildman–Crippen LogP) is 0.327. The number of sulfonamides is 1. The van der Waals surface area contributed by atoms with E-state index < -0.39 is 10.0 Å². The van der Waals surface area contributed by atoms with Crippen LogP contribution in [0.3, 0.4) is 0 Å². The van der Waals surface area contributed by atoms with E-state index in [0.29, 0.717) is 96.6 Å². The summed E-state index contributed by atoms with van der Waals surface area (Å²) in [5.41, 5.74) is 1.06. The molecule has 0 unspecified atom stereocenters. The Morgan fingerprint density at radius 3 is 2.41 bits per heavy atom. The normalized spacial score (nSPS) is 18.0. The van der Waals surface area contributed by atoms with Crippen molar-refractivity contribution >= 4 is 21.6 Å². The largest absolute Gasteiger partial charge is 0.382 e. The standard InChI is InChI=1S/C21H33N3O7S/c1-28-15-16-29-10-2-5-22-21(25)19-17-18(32(26,27)24-8-13-31-14-9-24)3-4-20(19)23-6-11-30-12-7-23/h3-4,17H,2,5-16H2,1H3,(H,22,25). The first-order valence-electron chi connectivity index (χ1n) is 10.9. The van der Waals surface area contributed by atoms with Crippen molar-refractivity contribution in [2.75, 3.05) is 91.0 Å². The molecule has 32 heavy (non-hydrogen) atoms. The molecule has 1 amide bonds. The van der Waals surface area contributed by atoms with Gasteiger partial charge in [-0.05, 0) is 24.6 Å². The van der Waals surface area contributed by atoms with Crippen LogP contribution in [-0.4, -0.2) is 105 Å². The van der Waals surface area contributed by atoms with Gasteiger partial charge in [-0.2, -0.15) is 4.31 Å². The third kappa shape index (κ3) is 6.63. The summed E-state index contributed by atoms with van der Waals surface area (Å²) < 4.78 is 48.7. The van der Waals surface area contributed by atoms with Gasteiger partial charge in [-0.25, -0.2) is 8.42 Å². The molecule has 0 radical (unpaired) electrons. The van der Waals surface area contributed by atoms with Gasteiger partial charge < -0.3 is 29.2 Å². The minimum atomic E-state index is -3.71. The number of ether oxygens (including phenoxy) is 4. The number of amides is 1. The predicted molar refractivity (Wildman–Crippen MR) is 119 cm³/mol. The van der Waals surface area contributed by atoms with Crippen LogP contribution in [0.1, 0.15) is 16.8 Å². The number of methoxy groups -OCH3 is 1. The van der Waals surface area contributed by atoms with Crippen molar-refractivity contribution < 1.29 is 32.2 Å². The van der Waals surface area contributed by atoms with Crippen LogP contribution in [-0.2, 0) is 29.0 Å². The summed E-state index contributed by atoms with van der Waals surface area (Å²) >= 11 is 0. The molecule has 0 bridgehead atoms. The van der Waals surface area contributed by atoms with Crippen LogP contribution < -0.4 is 10.2 Å². The summed E-state index contributed by atoms with van der Waals surface area (Å²) in [6, 6.07) is 4.79. The molecule has 0 aromatic heterocycles. The first kappa shape index (κ1) is 24.9. The van der Waals surface area contributed by atoms with Crippen LogP contribution in [0.5, 0.6) is 0 Å². The molecule has 2 aliphatic heterocycles. The van der Waals surface area contributed by atoms with E-state index in [1.54, 1.807) is 19.2 Å². The molecule has 1 N–H and O–H groups in total. The van der Waals surface area contributed by atoms with Crippen molar-refractivity contribution in [3.05, 3.63) is 23.8 Å². The molecular weight excluding hydrogens is 438 g/mol. The molecule has 1 aromatic rings. The van der Waals surface area contributed by atoms with Gasteiger partial charge in [0.2, 0.25) is 10.0 Å². The fraction of sp³-hybridized carbons (Fsp3) is 0.667. The Labute approximate surface area is 189 Å². The summed E-state index contributed by atoms with van der Waals surface area (Å²) in [6.45, 7) is 5.72. The smallest absolute Gasteiger partial charge is 0.253 e. The lowest BCUT2D eigenvalue weighted by atomic mass is 10.1. The van der Waals surface area contributed by atoms with Gasteiger partial charge in [0.15, 0.2) is 0 Å². The fourth-order valence-electron chi connectivity index (χ4n) is 3.59. The molecule has 1 aromatic carbocycles. The Kier molecular flexibility index (Phi) is 9.69. The molecule has 2 fully saturated rings. The van der Waals surface area contributed by atoms with Crippen LogP contribution in [0.4, 0.5) is 5.69 Å². The van der Waals surface area contributed by atoms with Gasteiger partial charge in [0.25, 0.3) is 5.91 Å². The summed E-state index contributed by atoms with van der Waals surface area (Å²) in [4.78, 5) is 15.2. The maximum Gasteiger partial charge on any atom is 0.253 e. The van der Waals surface area contributed by atoms with Crippen molar-refractivity contribution in [3.8, 4) is 0 Å². The highest BCUT2D eigenvalue weighted by molar-refractivity contribution is 7.89. The summed E-state index contributed by atoms with van der Waals surface area (Å²) in [5, 5.41) is 2.89. The lowest BCUT2D eigenvalue weighted by Crippen LogP contribution is -2.41. The van der Waals surface area contributed by atoms with E-state index in [2.05, 4.69) is 10.2 Å². The maximum absolute atomic E-state index is 13.1. The van der Waals surface area contributed by atoms with Gasteiger partial charge in [0, 0.05) is 52.1 Å². The Hall–Kier alpha value is -1.76. The molecule has 11 heteroatoms. The van der Waals surface area contributed by atoms with Crippen LogP contribution in [0.15, 0.2) is 23.1 Å². The van der Waals surface area contributed by atoms with Gasteiger partial charge in [0.1, 0.15) is 0 Å². The van der Waals surface area contributed by atoms with Crippen molar-refractivity contribution in [1.82, 2.24) is 9.62 Å². The number of morpholine rings is 2. The van der Waals surface area contributed by atoms with Crippen LogP contribution >= 0.6 is 0 Å². The monoisotopic (exact) mass is 471 g/mol. The summed E-state index contributed by atoms with van der Waals surface area (Å²) in [5.74, 6) is -0.303. The quantitative estimate of drug-likeness (QED) is 0.460. The number of nitrogens with one attached hydrogen (secondary N) is 1. The van der Waals surface area contributed by atoms with Crippen molar-refractivity contribution in [2.45, 2.75) is 11.3 Å². The van der Waals surface area contributed by atoms with E-state index in [4.69, 9.17) is 18.9 Å². The Bertz CT molecular complexity index is 838. The molecule has 2 saturated heterocycles. The van der Waals surface area contributed by atoms with E-state index in [1.807, 2.05) is 0 Å². The lowest BCUT2D eigenvalue weighted by molar-refractivity contribution is 0.0688. The van der Waals surface area contributed by atoms with E-state index >= 15 is 0 Å². The number of rotatable bonds is 11. The van der Waals surface area contributed by atoms with E-state index in [9.17, 15) is 13.2 Å². The molecule has 3 rings (SSSR count). The second-order valence-electron chi connectivity index (χ2n) is 7.51. The Balaban J connectivity index is 1.74. The Morgan fingerprint density at radius 2 is 1.72 bits per heavy atom. The molecule has 2 aliphatic rings. The molecule has 0 saturated carbocycles. The minimum absolute atomic E-state index is 0.115. The zero-order valence-electron chi connectivity index (χ0n) is 18.6. The third-order valence-electron chi connectivity index (χ3n) is 5.36. The second kappa shape index (κ2) is 12.5. The third-order valence-corrected chi connectivity index (χ3v) is 7.25. The van der Waals surface area contributed by atoms with E-state index in [1.165, 1.54) is 10.4 Å². The van der Waals surface area contributed by atoms with Crippen LogP contribution in [0.25, 0.3) is 0 Å². The minimum Gasteiger partial charge on any atom is -0.382 e. The highest BCUT2D eigenvalue weighted by Crippen LogP contribution is 2.27. The molecule has 10 nitrogen and oxygen atoms in total. The van der Waals surface area contributed by atoms with Gasteiger partial charge in [-0.3, -0.25) is 4.79 Å². The summed E-state index contributed by atoms with van der Waals surface area (Å²) in [7, 11) is -2.09. The van der Waals surface area contributed by atoms with Crippen LogP contribution in [0, 0.1) is 0 Å². The number of carbonyl (C=O) groups is 1. The van der Waals surface area contributed by atoms with Gasteiger partial charge in [-0.1, -0.05) is 0 Å². The number of nitrogens with zero attached hydrogens (tertiary/aromatic N) is 2. The van der Waals surface area contributed by atoms with E-state index in [-0.39, 0.29) is 10.8 Å². The average Bonchev–Trinajstić information content (AvgIpc) is 2.84. The van der Waals surface area contributed by atoms with Gasteiger partial charge in [-0.15, -0.1) is 0 Å².